The zero-order valence-corrected chi connectivity index (χ0v) is 14.3. The number of likely N-dealkylation sites (N-methyl/N-ethyl adjacent to an activating group) is 1. The maximum Gasteiger partial charge on any atom is 0.246 e. The van der Waals surface area contributed by atoms with Crippen LogP contribution >= 0.6 is 15.9 Å². The summed E-state index contributed by atoms with van der Waals surface area (Å²) >= 11 is 3.47. The molecule has 116 valence electrons. The Morgan fingerprint density at radius 2 is 2.00 bits per heavy atom. The van der Waals surface area contributed by atoms with E-state index in [2.05, 4.69) is 15.9 Å². The van der Waals surface area contributed by atoms with E-state index >= 15 is 0 Å². The summed E-state index contributed by atoms with van der Waals surface area (Å²) < 4.78 is 6.63. The molecule has 0 atom stereocenters. The van der Waals surface area contributed by atoms with E-state index < -0.39 is 0 Å². The second-order valence-corrected chi connectivity index (χ2v) is 5.64. The molecule has 4 nitrogen and oxygen atoms in total. The summed E-state index contributed by atoms with van der Waals surface area (Å²) in [5.74, 6) is 1.35. The highest BCUT2D eigenvalue weighted by Crippen LogP contribution is 2.31. The lowest BCUT2D eigenvalue weighted by molar-refractivity contribution is -0.125. The molecule has 0 saturated carbocycles. The minimum atomic E-state index is -0.0170. The molecule has 2 rings (SSSR count). The number of carbonyl (C=O) groups excluding carboxylic acids is 1. The lowest BCUT2D eigenvalue weighted by Crippen LogP contribution is -2.28. The SMILES string of the molecule is CCN(CC)C(=O)/C=C/c1ccc(-c2ccc(N)cc2Br)o1. The number of hydrogen-bond acceptors (Lipinski definition) is 3. The molecule has 0 saturated heterocycles. The summed E-state index contributed by atoms with van der Waals surface area (Å²) in [5, 5.41) is 0. The quantitative estimate of drug-likeness (QED) is 0.641. The van der Waals surface area contributed by atoms with E-state index in [1.54, 1.807) is 11.0 Å². The molecule has 1 aromatic heterocycles. The van der Waals surface area contributed by atoms with Crippen molar-refractivity contribution in [3.05, 3.63) is 46.6 Å². The van der Waals surface area contributed by atoms with Gasteiger partial charge in [-0.15, -0.1) is 0 Å². The minimum absolute atomic E-state index is 0.0170. The van der Waals surface area contributed by atoms with Crippen LogP contribution in [0, 0.1) is 0 Å². The minimum Gasteiger partial charge on any atom is -0.457 e. The zero-order chi connectivity index (χ0) is 16.1. The molecular formula is C17H19BrN2O2. The molecule has 0 fully saturated rings. The maximum absolute atomic E-state index is 11.9. The summed E-state index contributed by atoms with van der Waals surface area (Å²) in [4.78, 5) is 13.7. The summed E-state index contributed by atoms with van der Waals surface area (Å²) in [6.45, 7) is 5.31. The van der Waals surface area contributed by atoms with Crippen LogP contribution in [0.2, 0.25) is 0 Å². The maximum atomic E-state index is 11.9. The first-order chi connectivity index (χ1) is 10.5. The molecule has 2 N–H and O–H groups in total. The van der Waals surface area contributed by atoms with Gasteiger partial charge in [0.1, 0.15) is 11.5 Å². The molecule has 0 aliphatic heterocycles. The van der Waals surface area contributed by atoms with E-state index in [9.17, 15) is 4.79 Å². The van der Waals surface area contributed by atoms with Crippen LogP contribution in [-0.4, -0.2) is 23.9 Å². The predicted octanol–water partition coefficient (Wildman–Crippen LogP) is 4.17. The van der Waals surface area contributed by atoms with Gasteiger partial charge >= 0.3 is 0 Å². The van der Waals surface area contributed by atoms with Gasteiger partial charge in [0.2, 0.25) is 5.91 Å². The molecule has 0 aliphatic carbocycles. The molecule has 22 heavy (non-hydrogen) atoms. The molecule has 1 heterocycles. The van der Waals surface area contributed by atoms with Gasteiger partial charge in [-0.2, -0.15) is 0 Å². The Hall–Kier alpha value is -2.01. The van der Waals surface area contributed by atoms with Gasteiger partial charge in [0.25, 0.3) is 0 Å². The van der Waals surface area contributed by atoms with Crippen molar-refractivity contribution >= 4 is 33.6 Å². The third-order valence-electron chi connectivity index (χ3n) is 3.35. The van der Waals surface area contributed by atoms with Crippen LogP contribution in [0.4, 0.5) is 5.69 Å². The third kappa shape index (κ3) is 3.80. The second kappa shape index (κ2) is 7.31. The molecular weight excluding hydrogens is 344 g/mol. The number of nitrogen functional groups attached to an aromatic ring is 1. The van der Waals surface area contributed by atoms with Crippen molar-refractivity contribution in [1.82, 2.24) is 4.90 Å². The first-order valence-electron chi connectivity index (χ1n) is 7.17. The van der Waals surface area contributed by atoms with Crippen LogP contribution in [0.1, 0.15) is 19.6 Å². The largest absolute Gasteiger partial charge is 0.457 e. The lowest BCUT2D eigenvalue weighted by atomic mass is 10.1. The first-order valence-corrected chi connectivity index (χ1v) is 7.96. The molecule has 0 spiro atoms. The van der Waals surface area contributed by atoms with Crippen molar-refractivity contribution in [2.24, 2.45) is 0 Å². The van der Waals surface area contributed by atoms with Crippen molar-refractivity contribution < 1.29 is 9.21 Å². The number of hydrogen-bond donors (Lipinski definition) is 1. The number of rotatable bonds is 5. The fraction of sp³-hybridized carbons (Fsp3) is 0.235. The van der Waals surface area contributed by atoms with Gasteiger partial charge in [-0.3, -0.25) is 4.79 Å². The van der Waals surface area contributed by atoms with E-state index in [-0.39, 0.29) is 5.91 Å². The number of nitrogens with zero attached hydrogens (tertiary/aromatic N) is 1. The lowest BCUT2D eigenvalue weighted by Gasteiger charge is -2.15. The van der Waals surface area contributed by atoms with Gasteiger partial charge in [0.05, 0.1) is 0 Å². The van der Waals surface area contributed by atoms with Crippen LogP contribution in [0.5, 0.6) is 0 Å². The average molecular weight is 363 g/mol. The Balaban J connectivity index is 2.16. The number of anilines is 1. The third-order valence-corrected chi connectivity index (χ3v) is 4.01. The van der Waals surface area contributed by atoms with Gasteiger partial charge in [0.15, 0.2) is 0 Å². The molecule has 0 unspecified atom stereocenters. The Morgan fingerprint density at radius 1 is 1.27 bits per heavy atom. The molecule has 0 bridgehead atoms. The second-order valence-electron chi connectivity index (χ2n) is 4.79. The summed E-state index contributed by atoms with van der Waals surface area (Å²) in [7, 11) is 0. The highest BCUT2D eigenvalue weighted by Gasteiger charge is 2.09. The van der Waals surface area contributed by atoms with Crippen LogP contribution in [0.15, 0.2) is 45.3 Å². The van der Waals surface area contributed by atoms with Gasteiger partial charge < -0.3 is 15.1 Å². The van der Waals surface area contributed by atoms with E-state index in [0.717, 1.165) is 15.8 Å². The van der Waals surface area contributed by atoms with Gasteiger partial charge in [-0.05, 0) is 66.2 Å². The fourth-order valence-electron chi connectivity index (χ4n) is 2.11. The van der Waals surface area contributed by atoms with Crippen LogP contribution in [0.25, 0.3) is 17.4 Å². The van der Waals surface area contributed by atoms with Crippen molar-refractivity contribution in [3.63, 3.8) is 0 Å². The van der Waals surface area contributed by atoms with Crippen LogP contribution in [0.3, 0.4) is 0 Å². The number of carbonyl (C=O) groups is 1. The number of nitrogens with two attached hydrogens (primary N) is 1. The van der Waals surface area contributed by atoms with Crippen molar-refractivity contribution in [1.29, 1.82) is 0 Å². The van der Waals surface area contributed by atoms with E-state index in [1.807, 2.05) is 44.2 Å². The predicted molar refractivity (Wildman–Crippen MR) is 93.2 cm³/mol. The standard InChI is InChI=1S/C17H19BrN2O2/c1-3-20(4-2)17(21)10-7-13-6-9-16(22-13)14-8-5-12(19)11-15(14)18/h5-11H,3-4,19H2,1-2H3/b10-7+. The monoisotopic (exact) mass is 362 g/mol. The summed E-state index contributed by atoms with van der Waals surface area (Å²) in [6.07, 6.45) is 3.23. The number of furan rings is 1. The molecule has 2 aromatic rings. The Kier molecular flexibility index (Phi) is 5.44. The van der Waals surface area contributed by atoms with Crippen LogP contribution < -0.4 is 5.73 Å². The van der Waals surface area contributed by atoms with Crippen molar-refractivity contribution in [3.8, 4) is 11.3 Å². The Labute approximate surface area is 138 Å². The average Bonchev–Trinajstić information content (AvgIpc) is 2.95. The normalized spacial score (nSPS) is 11.0. The molecule has 0 aliphatic rings. The molecule has 1 aromatic carbocycles. The number of halogens is 1. The highest BCUT2D eigenvalue weighted by atomic mass is 79.9. The fourth-order valence-corrected chi connectivity index (χ4v) is 2.70. The molecule has 1 amide bonds. The number of benzene rings is 1. The van der Waals surface area contributed by atoms with E-state index in [0.29, 0.717) is 24.5 Å². The van der Waals surface area contributed by atoms with Crippen molar-refractivity contribution in [2.45, 2.75) is 13.8 Å². The Bertz CT molecular complexity index is 688. The van der Waals surface area contributed by atoms with E-state index in [1.165, 1.54) is 6.08 Å². The number of amides is 1. The van der Waals surface area contributed by atoms with Gasteiger partial charge in [0, 0.05) is 34.9 Å². The Morgan fingerprint density at radius 3 is 2.64 bits per heavy atom. The highest BCUT2D eigenvalue weighted by molar-refractivity contribution is 9.10. The van der Waals surface area contributed by atoms with Gasteiger partial charge in [-0.1, -0.05) is 0 Å². The molecule has 0 radical (unpaired) electrons. The zero-order valence-electron chi connectivity index (χ0n) is 12.7. The summed E-state index contributed by atoms with van der Waals surface area (Å²) in [6, 6.07) is 9.26. The topological polar surface area (TPSA) is 59.5 Å². The van der Waals surface area contributed by atoms with Crippen molar-refractivity contribution in [2.75, 3.05) is 18.8 Å². The molecule has 5 heteroatoms. The first kappa shape index (κ1) is 16.4. The van der Waals surface area contributed by atoms with Crippen LogP contribution in [-0.2, 0) is 4.79 Å². The van der Waals surface area contributed by atoms with Gasteiger partial charge in [-0.25, -0.2) is 0 Å². The smallest absolute Gasteiger partial charge is 0.246 e. The summed E-state index contributed by atoms with van der Waals surface area (Å²) in [5.41, 5.74) is 7.34. The van der Waals surface area contributed by atoms with E-state index in [4.69, 9.17) is 10.2 Å².